The van der Waals surface area contributed by atoms with Gasteiger partial charge in [-0.25, -0.2) is 9.80 Å². The molecule has 0 radical (unpaired) electrons. The summed E-state index contributed by atoms with van der Waals surface area (Å²) in [5, 5.41) is 6.90. The third kappa shape index (κ3) is 6.94. The van der Waals surface area contributed by atoms with Gasteiger partial charge in [0.25, 0.3) is 0 Å². The molecule has 0 amide bonds. The monoisotopic (exact) mass is 566 g/mol. The lowest BCUT2D eigenvalue weighted by molar-refractivity contribution is -0.176. The van der Waals surface area contributed by atoms with E-state index in [2.05, 4.69) is 86.3 Å². The second kappa shape index (κ2) is 12.4. The molecule has 4 aliphatic rings. The number of likely N-dealkylation sites (N-methyl/N-ethyl adjacent to an activating group) is 1. The molecule has 3 aliphatic carbocycles. The zero-order valence-corrected chi connectivity index (χ0v) is 26.6. The standard InChI is InChI=1S/C33H50N4O4/c1-10-40-30(38)31(4,5)41-33-23-32(33,6)18-26(16-24(33)2)19-36(22-29(39-9)35(7)8)20-27-17-25(3)34-37(21-27)28-14-12-11-13-15-28/h11-12,14,16,18,21,29H,10,13,15,17,19-20,22-23H2,1-9H3. The highest BCUT2D eigenvalue weighted by molar-refractivity contribution is 5.84. The van der Waals surface area contributed by atoms with Gasteiger partial charge in [0.15, 0.2) is 5.60 Å². The maximum Gasteiger partial charge on any atom is 0.337 e. The minimum atomic E-state index is -1.01. The molecule has 41 heavy (non-hydrogen) atoms. The summed E-state index contributed by atoms with van der Waals surface area (Å²) in [6.45, 7) is 14.6. The first-order valence-corrected chi connectivity index (χ1v) is 14.9. The molecule has 1 heterocycles. The number of nitrogens with zero attached hydrogens (tertiary/aromatic N) is 4. The zero-order chi connectivity index (χ0) is 30.0. The van der Waals surface area contributed by atoms with Gasteiger partial charge in [-0.15, -0.1) is 0 Å². The fourth-order valence-corrected chi connectivity index (χ4v) is 6.40. The third-order valence-electron chi connectivity index (χ3n) is 8.60. The first-order valence-electron chi connectivity index (χ1n) is 14.9. The lowest BCUT2D eigenvalue weighted by Gasteiger charge is -2.36. The molecule has 0 spiro atoms. The van der Waals surface area contributed by atoms with Crippen LogP contribution in [0.3, 0.4) is 0 Å². The van der Waals surface area contributed by atoms with Crippen molar-refractivity contribution in [1.29, 1.82) is 0 Å². The van der Waals surface area contributed by atoms with Crippen LogP contribution in [0.1, 0.15) is 67.2 Å². The van der Waals surface area contributed by atoms with Crippen molar-refractivity contribution in [3.63, 3.8) is 0 Å². The lowest BCUT2D eigenvalue weighted by Crippen LogP contribution is -2.45. The highest BCUT2D eigenvalue weighted by Gasteiger charge is 2.68. The summed E-state index contributed by atoms with van der Waals surface area (Å²) in [4.78, 5) is 17.2. The van der Waals surface area contributed by atoms with Crippen molar-refractivity contribution in [2.24, 2.45) is 10.5 Å². The minimum Gasteiger partial charge on any atom is -0.464 e. The fraction of sp³-hybridized carbons (Fsp3) is 0.636. The molecule has 0 bridgehead atoms. The van der Waals surface area contributed by atoms with Crippen LogP contribution in [0.5, 0.6) is 0 Å². The molecule has 0 aromatic heterocycles. The highest BCUT2D eigenvalue weighted by Crippen LogP contribution is 2.66. The van der Waals surface area contributed by atoms with E-state index in [4.69, 9.17) is 19.3 Å². The van der Waals surface area contributed by atoms with E-state index in [1.165, 1.54) is 16.8 Å². The summed E-state index contributed by atoms with van der Waals surface area (Å²) in [6.07, 6.45) is 17.1. The molecule has 0 aromatic carbocycles. The predicted molar refractivity (Wildman–Crippen MR) is 164 cm³/mol. The number of esters is 1. The number of allylic oxidation sites excluding steroid dienone is 4. The Morgan fingerprint density at radius 2 is 2.00 bits per heavy atom. The van der Waals surface area contributed by atoms with Crippen LogP contribution < -0.4 is 0 Å². The summed E-state index contributed by atoms with van der Waals surface area (Å²) in [7, 11) is 5.89. The third-order valence-corrected chi connectivity index (χ3v) is 8.60. The van der Waals surface area contributed by atoms with E-state index in [0.29, 0.717) is 6.61 Å². The molecule has 8 heteroatoms. The average molecular weight is 567 g/mol. The van der Waals surface area contributed by atoms with Crippen molar-refractivity contribution >= 4 is 11.7 Å². The van der Waals surface area contributed by atoms with Gasteiger partial charge in [-0.3, -0.25) is 9.80 Å². The summed E-state index contributed by atoms with van der Waals surface area (Å²) >= 11 is 0. The molecule has 226 valence electrons. The second-order valence-electron chi connectivity index (χ2n) is 12.9. The largest absolute Gasteiger partial charge is 0.464 e. The highest BCUT2D eigenvalue weighted by atomic mass is 16.6. The molecule has 4 rings (SSSR count). The Kier molecular flexibility index (Phi) is 9.48. The molecule has 3 unspecified atom stereocenters. The van der Waals surface area contributed by atoms with Crippen LogP contribution in [0.25, 0.3) is 0 Å². The van der Waals surface area contributed by atoms with Crippen molar-refractivity contribution in [2.75, 3.05) is 47.4 Å². The van der Waals surface area contributed by atoms with Crippen molar-refractivity contribution in [2.45, 2.75) is 84.7 Å². The van der Waals surface area contributed by atoms with E-state index in [1.807, 2.05) is 20.8 Å². The van der Waals surface area contributed by atoms with Gasteiger partial charge < -0.3 is 14.2 Å². The molecule has 1 aliphatic heterocycles. The van der Waals surface area contributed by atoms with Gasteiger partial charge in [0.1, 0.15) is 11.8 Å². The molecular weight excluding hydrogens is 516 g/mol. The van der Waals surface area contributed by atoms with E-state index in [-0.39, 0.29) is 17.6 Å². The average Bonchev–Trinajstić information content (AvgIpc) is 3.51. The first-order chi connectivity index (χ1) is 19.3. The molecule has 0 N–H and O–H groups in total. The number of ether oxygens (including phenoxy) is 3. The normalized spacial score (nSPS) is 26.6. The topological polar surface area (TPSA) is 66.8 Å². The minimum absolute atomic E-state index is 0.0326. The number of hydrazone groups is 1. The van der Waals surface area contributed by atoms with Crippen LogP contribution in [-0.4, -0.2) is 91.4 Å². The van der Waals surface area contributed by atoms with Gasteiger partial charge in [-0.05, 0) is 90.8 Å². The van der Waals surface area contributed by atoms with E-state index in [0.717, 1.165) is 56.6 Å². The Morgan fingerprint density at radius 3 is 2.61 bits per heavy atom. The first kappa shape index (κ1) is 31.4. The van der Waals surface area contributed by atoms with Gasteiger partial charge in [-0.1, -0.05) is 31.2 Å². The number of fused-ring (bicyclic) bond motifs is 1. The van der Waals surface area contributed by atoms with Crippen LogP contribution in [-0.2, 0) is 19.0 Å². The predicted octanol–water partition coefficient (Wildman–Crippen LogP) is 5.42. The number of hydrogen-bond donors (Lipinski definition) is 0. The lowest BCUT2D eigenvalue weighted by atomic mass is 9.88. The maximum absolute atomic E-state index is 12.6. The van der Waals surface area contributed by atoms with Gasteiger partial charge >= 0.3 is 5.97 Å². The maximum atomic E-state index is 12.6. The van der Waals surface area contributed by atoms with Crippen LogP contribution in [0, 0.1) is 5.41 Å². The molecule has 3 atom stereocenters. The Labute approximate surface area is 247 Å². The van der Waals surface area contributed by atoms with E-state index in [9.17, 15) is 4.79 Å². The van der Waals surface area contributed by atoms with E-state index in [1.54, 1.807) is 7.11 Å². The van der Waals surface area contributed by atoms with Gasteiger partial charge in [0.05, 0.1) is 6.61 Å². The summed E-state index contributed by atoms with van der Waals surface area (Å²) in [6, 6.07) is 0. The molecule has 0 aromatic rings. The molecule has 8 nitrogen and oxygen atoms in total. The van der Waals surface area contributed by atoms with Crippen molar-refractivity contribution in [1.82, 2.24) is 14.8 Å². The Morgan fingerprint density at radius 1 is 1.24 bits per heavy atom. The van der Waals surface area contributed by atoms with Crippen molar-refractivity contribution < 1.29 is 19.0 Å². The van der Waals surface area contributed by atoms with Crippen LogP contribution >= 0.6 is 0 Å². The Hall–Kier alpha value is -2.52. The Bertz CT molecular complexity index is 1190. The summed E-state index contributed by atoms with van der Waals surface area (Å²) in [5.41, 5.74) is 4.47. The number of methoxy groups -OCH3 is 1. The van der Waals surface area contributed by atoms with Crippen LogP contribution in [0.4, 0.5) is 0 Å². The number of rotatable bonds is 13. The van der Waals surface area contributed by atoms with Crippen molar-refractivity contribution in [3.8, 4) is 0 Å². The summed E-state index contributed by atoms with van der Waals surface area (Å²) in [5.74, 6) is -0.319. The molecular formula is C33H50N4O4. The van der Waals surface area contributed by atoms with Crippen LogP contribution in [0.2, 0.25) is 0 Å². The number of hydrogen-bond acceptors (Lipinski definition) is 8. The molecule has 0 saturated heterocycles. The number of carbonyl (C=O) groups is 1. The van der Waals surface area contributed by atoms with Gasteiger partial charge in [-0.2, -0.15) is 5.10 Å². The summed E-state index contributed by atoms with van der Waals surface area (Å²) < 4.78 is 17.7. The fourth-order valence-electron chi connectivity index (χ4n) is 6.40. The van der Waals surface area contributed by atoms with E-state index >= 15 is 0 Å². The van der Waals surface area contributed by atoms with Gasteiger partial charge in [0.2, 0.25) is 0 Å². The van der Waals surface area contributed by atoms with Gasteiger partial charge in [0, 0.05) is 56.2 Å². The number of carbonyl (C=O) groups excluding carboxylic acids is 1. The second-order valence-corrected chi connectivity index (χ2v) is 12.9. The zero-order valence-electron chi connectivity index (χ0n) is 26.6. The van der Waals surface area contributed by atoms with Crippen LogP contribution in [0.15, 0.2) is 64.1 Å². The molecule has 1 saturated carbocycles. The van der Waals surface area contributed by atoms with E-state index < -0.39 is 11.2 Å². The SMILES string of the molecule is CCOC(=O)C(C)(C)OC12CC1(C)C=C(CN(CC1=CN(C3=CC=CCC3)N=C(C)C1)CC(OC)N(C)C)C=C2C. The molecule has 1 fully saturated rings. The van der Waals surface area contributed by atoms with Crippen molar-refractivity contribution in [3.05, 3.63) is 59.0 Å². The smallest absolute Gasteiger partial charge is 0.337 e. The Balaban J connectivity index is 1.54. The quantitative estimate of drug-likeness (QED) is 0.218.